The molecule has 92 valence electrons. The molecular formula is C11H19NO3S. The zero-order valence-electron chi connectivity index (χ0n) is 9.81. The molecular weight excluding hydrogens is 226 g/mol. The number of hydrogen-bond donors (Lipinski definition) is 1. The monoisotopic (exact) mass is 245 g/mol. The number of carbonyl (C=O) groups excluding carboxylic acids is 1. The Morgan fingerprint density at radius 1 is 1.38 bits per heavy atom. The van der Waals surface area contributed by atoms with E-state index in [-0.39, 0.29) is 17.4 Å². The number of aliphatic carboxylic acids is 1. The van der Waals surface area contributed by atoms with Crippen LogP contribution in [0.2, 0.25) is 0 Å². The summed E-state index contributed by atoms with van der Waals surface area (Å²) in [5, 5.41) is 8.48. The maximum Gasteiger partial charge on any atom is 0.313 e. The van der Waals surface area contributed by atoms with E-state index in [0.29, 0.717) is 12.0 Å². The van der Waals surface area contributed by atoms with Gasteiger partial charge in [0.05, 0.1) is 11.5 Å². The van der Waals surface area contributed by atoms with E-state index in [9.17, 15) is 9.59 Å². The van der Waals surface area contributed by atoms with Crippen LogP contribution >= 0.6 is 11.8 Å². The Morgan fingerprint density at radius 2 is 2.06 bits per heavy atom. The number of carboxylic acid groups (broad SMARTS) is 1. The topological polar surface area (TPSA) is 57.6 Å². The predicted molar refractivity (Wildman–Crippen MR) is 64.5 cm³/mol. The average Bonchev–Trinajstić information content (AvgIpc) is 2.16. The van der Waals surface area contributed by atoms with Crippen molar-refractivity contribution in [2.45, 2.75) is 32.7 Å². The highest BCUT2D eigenvalue weighted by Gasteiger charge is 2.26. The van der Waals surface area contributed by atoms with E-state index in [1.165, 1.54) is 11.8 Å². The predicted octanol–water partition coefficient (Wildman–Crippen LogP) is 1.45. The van der Waals surface area contributed by atoms with Gasteiger partial charge < -0.3 is 10.0 Å². The Kier molecular flexibility index (Phi) is 5.12. The summed E-state index contributed by atoms with van der Waals surface area (Å²) in [6.07, 6.45) is 2.11. The molecule has 1 rings (SSSR count). The van der Waals surface area contributed by atoms with Crippen LogP contribution in [0.1, 0.15) is 26.7 Å². The Balaban J connectivity index is 2.33. The van der Waals surface area contributed by atoms with Gasteiger partial charge in [-0.15, -0.1) is 11.8 Å². The van der Waals surface area contributed by atoms with E-state index in [2.05, 4.69) is 13.8 Å². The minimum Gasteiger partial charge on any atom is -0.481 e. The first-order valence-corrected chi connectivity index (χ1v) is 6.75. The van der Waals surface area contributed by atoms with Crippen molar-refractivity contribution >= 4 is 23.6 Å². The number of rotatable bonds is 4. The number of amides is 1. The lowest BCUT2D eigenvalue weighted by Gasteiger charge is -2.36. The Labute approximate surface area is 100 Å². The van der Waals surface area contributed by atoms with Gasteiger partial charge in [-0.2, -0.15) is 0 Å². The summed E-state index contributed by atoms with van der Waals surface area (Å²) in [6, 6.07) is 0.293. The molecule has 1 saturated heterocycles. The van der Waals surface area contributed by atoms with E-state index >= 15 is 0 Å². The summed E-state index contributed by atoms with van der Waals surface area (Å²) in [6.45, 7) is 5.09. The van der Waals surface area contributed by atoms with Crippen molar-refractivity contribution in [1.29, 1.82) is 0 Å². The lowest BCUT2D eigenvalue weighted by atomic mass is 9.93. The molecule has 0 aromatic rings. The van der Waals surface area contributed by atoms with Crippen LogP contribution in [-0.4, -0.2) is 46.0 Å². The van der Waals surface area contributed by atoms with E-state index in [0.717, 1.165) is 19.4 Å². The van der Waals surface area contributed by atoms with Gasteiger partial charge in [0.1, 0.15) is 0 Å². The molecule has 0 saturated carbocycles. The molecule has 0 spiro atoms. The molecule has 0 radical (unpaired) electrons. The third-order valence-electron chi connectivity index (χ3n) is 2.91. The van der Waals surface area contributed by atoms with Crippen LogP contribution < -0.4 is 0 Å². The largest absolute Gasteiger partial charge is 0.481 e. The number of piperidine rings is 1. The average molecular weight is 245 g/mol. The first-order chi connectivity index (χ1) is 7.50. The van der Waals surface area contributed by atoms with Crippen molar-refractivity contribution in [3.8, 4) is 0 Å². The summed E-state index contributed by atoms with van der Waals surface area (Å²) in [4.78, 5) is 24.0. The third-order valence-corrected chi connectivity index (χ3v) is 3.81. The van der Waals surface area contributed by atoms with Gasteiger partial charge in [-0.05, 0) is 25.7 Å². The van der Waals surface area contributed by atoms with E-state index in [1.807, 2.05) is 4.90 Å². The van der Waals surface area contributed by atoms with Crippen LogP contribution in [0.3, 0.4) is 0 Å². The zero-order chi connectivity index (χ0) is 12.1. The molecule has 0 aliphatic carbocycles. The molecule has 2 atom stereocenters. The van der Waals surface area contributed by atoms with E-state index < -0.39 is 5.97 Å². The molecule has 5 heteroatoms. The minimum atomic E-state index is -0.863. The minimum absolute atomic E-state index is 0.00433. The molecule has 1 fully saturated rings. The molecule has 1 heterocycles. The summed E-state index contributed by atoms with van der Waals surface area (Å²) in [7, 11) is 0. The SMILES string of the molecule is CC1CCN(C(=O)CSCC(=O)O)C(C)C1. The number of thioether (sulfide) groups is 1. The first kappa shape index (κ1) is 13.4. The van der Waals surface area contributed by atoms with Crippen molar-refractivity contribution in [3.63, 3.8) is 0 Å². The summed E-state index contributed by atoms with van der Waals surface area (Å²) in [5.41, 5.74) is 0. The second kappa shape index (κ2) is 6.13. The first-order valence-electron chi connectivity index (χ1n) is 5.59. The fraction of sp³-hybridized carbons (Fsp3) is 0.818. The molecule has 1 amide bonds. The molecule has 1 aliphatic rings. The highest BCUT2D eigenvalue weighted by atomic mass is 32.2. The zero-order valence-corrected chi connectivity index (χ0v) is 10.6. The molecule has 16 heavy (non-hydrogen) atoms. The lowest BCUT2D eigenvalue weighted by molar-refractivity contribution is -0.134. The van der Waals surface area contributed by atoms with Gasteiger partial charge in [0.2, 0.25) is 5.91 Å². The number of nitrogens with zero attached hydrogens (tertiary/aromatic N) is 1. The fourth-order valence-corrected chi connectivity index (χ4v) is 2.70. The second-order valence-corrected chi connectivity index (χ2v) is 5.44. The third kappa shape index (κ3) is 4.04. The lowest BCUT2D eigenvalue weighted by Crippen LogP contribution is -2.45. The van der Waals surface area contributed by atoms with Crippen molar-refractivity contribution in [2.24, 2.45) is 5.92 Å². The van der Waals surface area contributed by atoms with Crippen LogP contribution in [-0.2, 0) is 9.59 Å². The summed E-state index contributed by atoms with van der Waals surface area (Å²) in [5.74, 6) is 0.185. The van der Waals surface area contributed by atoms with Gasteiger partial charge in [0.25, 0.3) is 0 Å². The Hall–Kier alpha value is -0.710. The van der Waals surface area contributed by atoms with Crippen LogP contribution in [0.5, 0.6) is 0 Å². The molecule has 0 aromatic heterocycles. The standard InChI is InChI=1S/C11H19NO3S/c1-8-3-4-12(9(2)5-8)10(13)6-16-7-11(14)15/h8-9H,3-7H2,1-2H3,(H,14,15). The van der Waals surface area contributed by atoms with Crippen LogP contribution in [0.25, 0.3) is 0 Å². The highest BCUT2D eigenvalue weighted by molar-refractivity contribution is 8.00. The highest BCUT2D eigenvalue weighted by Crippen LogP contribution is 2.22. The molecule has 1 N–H and O–H groups in total. The Morgan fingerprint density at radius 3 is 2.62 bits per heavy atom. The summed E-state index contributed by atoms with van der Waals surface area (Å²) < 4.78 is 0. The number of carboxylic acids is 1. The molecule has 2 unspecified atom stereocenters. The van der Waals surface area contributed by atoms with E-state index in [4.69, 9.17) is 5.11 Å². The van der Waals surface area contributed by atoms with Crippen molar-refractivity contribution in [1.82, 2.24) is 4.90 Å². The maximum atomic E-state index is 11.8. The van der Waals surface area contributed by atoms with Gasteiger partial charge in [-0.1, -0.05) is 6.92 Å². The number of carbonyl (C=O) groups is 2. The van der Waals surface area contributed by atoms with Crippen LogP contribution in [0.15, 0.2) is 0 Å². The van der Waals surface area contributed by atoms with Gasteiger partial charge >= 0.3 is 5.97 Å². The van der Waals surface area contributed by atoms with Gasteiger partial charge in [0, 0.05) is 12.6 Å². The second-order valence-electron chi connectivity index (χ2n) is 4.45. The quantitative estimate of drug-likeness (QED) is 0.814. The van der Waals surface area contributed by atoms with Crippen LogP contribution in [0, 0.1) is 5.92 Å². The molecule has 4 nitrogen and oxygen atoms in total. The van der Waals surface area contributed by atoms with Crippen LogP contribution in [0.4, 0.5) is 0 Å². The molecule has 0 bridgehead atoms. The maximum absolute atomic E-state index is 11.8. The van der Waals surface area contributed by atoms with Crippen molar-refractivity contribution in [2.75, 3.05) is 18.1 Å². The van der Waals surface area contributed by atoms with Gasteiger partial charge in [-0.3, -0.25) is 9.59 Å². The molecule has 1 aliphatic heterocycles. The fourth-order valence-electron chi connectivity index (χ4n) is 2.09. The Bertz CT molecular complexity index is 270. The number of likely N-dealkylation sites (tertiary alicyclic amines) is 1. The smallest absolute Gasteiger partial charge is 0.313 e. The van der Waals surface area contributed by atoms with E-state index in [1.54, 1.807) is 0 Å². The number of hydrogen-bond acceptors (Lipinski definition) is 3. The van der Waals surface area contributed by atoms with Gasteiger partial charge in [0.15, 0.2) is 0 Å². The molecule has 0 aromatic carbocycles. The van der Waals surface area contributed by atoms with Crippen molar-refractivity contribution < 1.29 is 14.7 Å². The summed E-state index contributed by atoms with van der Waals surface area (Å²) >= 11 is 1.18. The van der Waals surface area contributed by atoms with Gasteiger partial charge in [-0.25, -0.2) is 0 Å². The van der Waals surface area contributed by atoms with Crippen molar-refractivity contribution in [3.05, 3.63) is 0 Å². The normalized spacial score (nSPS) is 25.5.